The lowest BCUT2D eigenvalue weighted by Crippen LogP contribution is -2.14. The Kier molecular flexibility index (Phi) is 2.61. The zero-order valence-corrected chi connectivity index (χ0v) is 9.63. The highest BCUT2D eigenvalue weighted by molar-refractivity contribution is 6.16. The number of carbonyl (C=O) groups excluding carboxylic acids is 1. The van der Waals surface area contributed by atoms with E-state index in [0.29, 0.717) is 11.5 Å². The number of rotatable bonds is 1. The third kappa shape index (κ3) is 2.00. The van der Waals surface area contributed by atoms with Crippen LogP contribution in [0.3, 0.4) is 0 Å². The number of nitrogens with one attached hydrogen (secondary N) is 1. The molecule has 2 heterocycles. The minimum absolute atomic E-state index is 0.0654. The normalized spacial score (nSPS) is 14.2. The molecule has 1 aliphatic rings. The van der Waals surface area contributed by atoms with Gasteiger partial charge in [-0.25, -0.2) is 9.98 Å². The van der Waals surface area contributed by atoms with Gasteiger partial charge in [0, 0.05) is 6.20 Å². The summed E-state index contributed by atoms with van der Waals surface area (Å²) in [6.07, 6.45) is 1.93. The summed E-state index contributed by atoms with van der Waals surface area (Å²) in [6, 6.07) is 13.3. The molecule has 0 saturated carbocycles. The summed E-state index contributed by atoms with van der Waals surface area (Å²) in [5, 5.41) is 2.81. The van der Waals surface area contributed by atoms with Crippen LogP contribution >= 0.6 is 0 Å². The predicted molar refractivity (Wildman–Crippen MR) is 70.1 cm³/mol. The fourth-order valence-corrected chi connectivity index (χ4v) is 1.89. The van der Waals surface area contributed by atoms with Crippen LogP contribution in [0.25, 0.3) is 0 Å². The van der Waals surface area contributed by atoms with Crippen molar-refractivity contribution in [2.45, 2.75) is 6.42 Å². The molecule has 0 atom stereocenters. The van der Waals surface area contributed by atoms with Crippen LogP contribution in [-0.4, -0.2) is 16.6 Å². The van der Waals surface area contributed by atoms with Crippen LogP contribution in [0.15, 0.2) is 53.7 Å². The summed E-state index contributed by atoms with van der Waals surface area (Å²) >= 11 is 0. The number of hydrogen-bond acceptors (Lipinski definition) is 3. The van der Waals surface area contributed by atoms with E-state index in [9.17, 15) is 4.79 Å². The summed E-state index contributed by atoms with van der Waals surface area (Å²) in [4.78, 5) is 20.5. The minimum Gasteiger partial charge on any atom is -0.323 e. The molecule has 0 saturated heterocycles. The first-order valence-corrected chi connectivity index (χ1v) is 5.71. The number of aliphatic imine (C=N–C) groups is 1. The lowest BCUT2D eigenvalue weighted by atomic mass is 10.1. The van der Waals surface area contributed by atoms with Crippen molar-refractivity contribution in [3.05, 3.63) is 54.2 Å². The van der Waals surface area contributed by atoms with Crippen LogP contribution in [0, 0.1) is 0 Å². The molecule has 1 aromatic carbocycles. The second-order valence-electron chi connectivity index (χ2n) is 4.02. The number of carbonyl (C=O) groups is 1. The zero-order valence-electron chi connectivity index (χ0n) is 9.63. The number of anilines is 1. The summed E-state index contributed by atoms with van der Waals surface area (Å²) < 4.78 is 0. The molecule has 4 nitrogen and oxygen atoms in total. The number of benzene rings is 1. The first-order chi connectivity index (χ1) is 8.83. The van der Waals surface area contributed by atoms with E-state index in [2.05, 4.69) is 15.3 Å². The van der Waals surface area contributed by atoms with Gasteiger partial charge in [0.05, 0.1) is 17.8 Å². The first kappa shape index (κ1) is 10.7. The number of pyridine rings is 1. The van der Waals surface area contributed by atoms with E-state index >= 15 is 0 Å². The topological polar surface area (TPSA) is 54.4 Å². The molecule has 2 aromatic rings. The number of aromatic nitrogens is 1. The lowest BCUT2D eigenvalue weighted by molar-refractivity contribution is -0.115. The molecule has 0 aliphatic carbocycles. The van der Waals surface area contributed by atoms with Gasteiger partial charge in [-0.15, -0.1) is 0 Å². The van der Waals surface area contributed by atoms with E-state index in [4.69, 9.17) is 0 Å². The van der Waals surface area contributed by atoms with Crippen molar-refractivity contribution < 1.29 is 4.79 Å². The van der Waals surface area contributed by atoms with Crippen LogP contribution in [0.1, 0.15) is 12.0 Å². The summed E-state index contributed by atoms with van der Waals surface area (Å²) in [6.45, 7) is 0. The van der Waals surface area contributed by atoms with E-state index in [-0.39, 0.29) is 12.3 Å². The monoisotopic (exact) mass is 237 g/mol. The van der Waals surface area contributed by atoms with Crippen LogP contribution in [0.4, 0.5) is 11.5 Å². The highest BCUT2D eigenvalue weighted by atomic mass is 16.1. The van der Waals surface area contributed by atoms with Crippen molar-refractivity contribution in [2.24, 2.45) is 4.99 Å². The van der Waals surface area contributed by atoms with Crippen molar-refractivity contribution >= 4 is 23.1 Å². The Hall–Kier alpha value is -2.49. The average molecular weight is 237 g/mol. The molecule has 1 N–H and O–H groups in total. The molecule has 0 spiro atoms. The average Bonchev–Trinajstić information content (AvgIpc) is 2.57. The fourth-order valence-electron chi connectivity index (χ4n) is 1.89. The molecule has 3 rings (SSSR count). The Morgan fingerprint density at radius 2 is 1.89 bits per heavy atom. The standard InChI is InChI=1S/C14H11N3O/c18-13-9-12(10-5-2-1-3-6-10)17-14-11(16-13)7-4-8-15-14/h1-8H,9H2,(H,16,18). The van der Waals surface area contributed by atoms with Gasteiger partial charge in [0.2, 0.25) is 5.91 Å². The van der Waals surface area contributed by atoms with Gasteiger partial charge in [0.1, 0.15) is 0 Å². The predicted octanol–water partition coefficient (Wildman–Crippen LogP) is 2.54. The SMILES string of the molecule is O=C1CC(c2ccccc2)=Nc2ncccc2N1. The Labute approximate surface area is 104 Å². The molecular weight excluding hydrogens is 226 g/mol. The maximum atomic E-state index is 11.8. The summed E-state index contributed by atoms with van der Waals surface area (Å²) in [7, 11) is 0. The fraction of sp³-hybridized carbons (Fsp3) is 0.0714. The Morgan fingerprint density at radius 3 is 2.72 bits per heavy atom. The highest BCUT2D eigenvalue weighted by Crippen LogP contribution is 2.25. The van der Waals surface area contributed by atoms with Crippen molar-refractivity contribution in [1.29, 1.82) is 0 Å². The second kappa shape index (κ2) is 4.41. The number of amides is 1. The second-order valence-corrected chi connectivity index (χ2v) is 4.02. The number of nitrogens with zero attached hydrogens (tertiary/aromatic N) is 2. The molecule has 0 unspecified atom stereocenters. The van der Waals surface area contributed by atoms with Crippen molar-refractivity contribution in [2.75, 3.05) is 5.32 Å². The Morgan fingerprint density at radius 1 is 1.06 bits per heavy atom. The lowest BCUT2D eigenvalue weighted by Gasteiger charge is -2.02. The Balaban J connectivity index is 2.11. The van der Waals surface area contributed by atoms with Gasteiger partial charge in [-0.3, -0.25) is 4.79 Å². The van der Waals surface area contributed by atoms with Gasteiger partial charge in [0.15, 0.2) is 5.82 Å². The highest BCUT2D eigenvalue weighted by Gasteiger charge is 2.17. The molecule has 18 heavy (non-hydrogen) atoms. The number of fused-ring (bicyclic) bond motifs is 1. The molecule has 1 aromatic heterocycles. The van der Waals surface area contributed by atoms with Crippen molar-refractivity contribution in [3.8, 4) is 0 Å². The summed E-state index contributed by atoms with van der Waals surface area (Å²) in [5.41, 5.74) is 2.35. The summed E-state index contributed by atoms with van der Waals surface area (Å²) in [5.74, 6) is 0.492. The van der Waals surface area contributed by atoms with Crippen LogP contribution < -0.4 is 5.32 Å². The zero-order chi connectivity index (χ0) is 12.4. The largest absolute Gasteiger partial charge is 0.323 e. The Bertz CT molecular complexity index is 620. The minimum atomic E-state index is -0.0654. The number of hydrogen-bond donors (Lipinski definition) is 1. The maximum Gasteiger partial charge on any atom is 0.230 e. The molecule has 4 heteroatoms. The van der Waals surface area contributed by atoms with Crippen molar-refractivity contribution in [3.63, 3.8) is 0 Å². The molecule has 0 bridgehead atoms. The van der Waals surface area contributed by atoms with E-state index in [1.54, 1.807) is 18.3 Å². The van der Waals surface area contributed by atoms with Crippen LogP contribution in [-0.2, 0) is 4.79 Å². The van der Waals surface area contributed by atoms with Crippen LogP contribution in [0.5, 0.6) is 0 Å². The van der Waals surface area contributed by atoms with Gasteiger partial charge < -0.3 is 5.32 Å². The first-order valence-electron chi connectivity index (χ1n) is 5.71. The van der Waals surface area contributed by atoms with Gasteiger partial charge in [0.25, 0.3) is 0 Å². The van der Waals surface area contributed by atoms with Gasteiger partial charge >= 0.3 is 0 Å². The molecule has 0 radical (unpaired) electrons. The van der Waals surface area contributed by atoms with Gasteiger partial charge in [-0.1, -0.05) is 30.3 Å². The smallest absolute Gasteiger partial charge is 0.230 e. The van der Waals surface area contributed by atoms with Crippen molar-refractivity contribution in [1.82, 2.24) is 4.98 Å². The van der Waals surface area contributed by atoms with Gasteiger partial charge in [-0.05, 0) is 17.7 Å². The van der Waals surface area contributed by atoms with E-state index in [1.807, 2.05) is 30.3 Å². The van der Waals surface area contributed by atoms with Gasteiger partial charge in [-0.2, -0.15) is 0 Å². The van der Waals surface area contributed by atoms with E-state index in [0.717, 1.165) is 11.3 Å². The quantitative estimate of drug-likeness (QED) is 0.828. The van der Waals surface area contributed by atoms with E-state index in [1.165, 1.54) is 0 Å². The molecule has 0 fully saturated rings. The molecule has 88 valence electrons. The van der Waals surface area contributed by atoms with E-state index < -0.39 is 0 Å². The van der Waals surface area contributed by atoms with Crippen LogP contribution in [0.2, 0.25) is 0 Å². The third-order valence-electron chi connectivity index (χ3n) is 2.74. The molecule has 1 amide bonds. The molecule has 1 aliphatic heterocycles. The third-order valence-corrected chi connectivity index (χ3v) is 2.74. The molecular formula is C14H11N3O. The maximum absolute atomic E-state index is 11.8.